The summed E-state index contributed by atoms with van der Waals surface area (Å²) in [4.78, 5) is 12.8. The summed E-state index contributed by atoms with van der Waals surface area (Å²) in [6.07, 6.45) is 0. The lowest BCUT2D eigenvalue weighted by Gasteiger charge is -2.13. The second-order valence-corrected chi connectivity index (χ2v) is 5.53. The zero-order chi connectivity index (χ0) is 15.2. The first-order valence-corrected chi connectivity index (χ1v) is 7.79. The molecular formula is C16H14ClO3P. The van der Waals surface area contributed by atoms with Crippen LogP contribution in [0, 0.1) is 0 Å². The molecule has 1 atom stereocenters. The van der Waals surface area contributed by atoms with Crippen molar-refractivity contribution >= 4 is 25.8 Å². The first-order chi connectivity index (χ1) is 10.2. The molecule has 108 valence electrons. The monoisotopic (exact) mass is 320 g/mol. The van der Waals surface area contributed by atoms with Crippen molar-refractivity contribution in [3.63, 3.8) is 0 Å². The van der Waals surface area contributed by atoms with Crippen molar-refractivity contribution in [1.82, 2.24) is 0 Å². The van der Waals surface area contributed by atoms with E-state index in [1.165, 1.54) is 7.11 Å². The zero-order valence-corrected chi connectivity index (χ0v) is 13.1. The maximum Gasteiger partial charge on any atom is 0.197 e. The van der Waals surface area contributed by atoms with Crippen LogP contribution in [0.25, 0.3) is 0 Å². The van der Waals surface area contributed by atoms with Gasteiger partial charge in [-0.05, 0) is 17.7 Å². The molecule has 0 aliphatic heterocycles. The van der Waals surface area contributed by atoms with Gasteiger partial charge in [0.15, 0.2) is 14.2 Å². The second-order valence-electron chi connectivity index (χ2n) is 4.39. The lowest BCUT2D eigenvalue weighted by molar-refractivity contribution is 0.103. The average Bonchev–Trinajstić information content (AvgIpc) is 2.56. The average molecular weight is 321 g/mol. The van der Waals surface area contributed by atoms with E-state index in [1.807, 2.05) is 0 Å². The van der Waals surface area contributed by atoms with E-state index in [4.69, 9.17) is 16.3 Å². The summed E-state index contributed by atoms with van der Waals surface area (Å²) in [6.45, 7) is 0. The molecule has 0 aromatic heterocycles. The number of para-hydroxylation sites is 1. The standard InChI is InChI=1S/C16H14ClO3P/c1-20-14-9-5-4-8-13(14)16(18)12-7-3-2-6-11(12)15(10-17)21-19/h2-9,15H,10H2,1H3. The molecule has 0 radical (unpaired) electrons. The quantitative estimate of drug-likeness (QED) is 0.447. The van der Waals surface area contributed by atoms with Crippen LogP contribution in [0.1, 0.15) is 27.1 Å². The fraction of sp³-hybridized carbons (Fsp3) is 0.188. The number of ketones is 1. The molecule has 0 saturated carbocycles. The first kappa shape index (κ1) is 15.7. The number of alkyl halides is 1. The van der Waals surface area contributed by atoms with Crippen molar-refractivity contribution < 1.29 is 14.1 Å². The van der Waals surface area contributed by atoms with Gasteiger partial charge in [0.25, 0.3) is 0 Å². The Kier molecular flexibility index (Phi) is 5.49. The molecule has 0 bridgehead atoms. The Hall–Kier alpha value is -1.70. The van der Waals surface area contributed by atoms with Gasteiger partial charge < -0.3 is 4.74 Å². The van der Waals surface area contributed by atoms with Crippen molar-refractivity contribution in [1.29, 1.82) is 0 Å². The molecule has 0 fully saturated rings. The summed E-state index contributed by atoms with van der Waals surface area (Å²) in [6, 6.07) is 14.1. The van der Waals surface area contributed by atoms with Gasteiger partial charge in [-0.25, -0.2) is 0 Å². The number of carbonyl (C=O) groups excluding carboxylic acids is 1. The molecule has 1 unspecified atom stereocenters. The predicted molar refractivity (Wildman–Crippen MR) is 83.9 cm³/mol. The van der Waals surface area contributed by atoms with Crippen LogP contribution in [-0.2, 0) is 4.57 Å². The molecule has 0 saturated heterocycles. The molecule has 0 aliphatic rings. The first-order valence-electron chi connectivity index (χ1n) is 6.38. The molecule has 3 nitrogen and oxygen atoms in total. The number of carbonyl (C=O) groups is 1. The highest BCUT2D eigenvalue weighted by Gasteiger charge is 2.21. The van der Waals surface area contributed by atoms with Crippen LogP contribution in [-0.4, -0.2) is 18.8 Å². The van der Waals surface area contributed by atoms with Gasteiger partial charge in [0.2, 0.25) is 0 Å². The second kappa shape index (κ2) is 7.35. The van der Waals surface area contributed by atoms with E-state index in [0.29, 0.717) is 22.4 Å². The molecule has 0 spiro atoms. The van der Waals surface area contributed by atoms with Crippen molar-refractivity contribution in [2.75, 3.05) is 13.0 Å². The number of ether oxygens (including phenoxy) is 1. The number of halogens is 1. The van der Waals surface area contributed by atoms with E-state index in [-0.39, 0.29) is 20.1 Å². The van der Waals surface area contributed by atoms with E-state index in [1.54, 1.807) is 48.5 Å². The van der Waals surface area contributed by atoms with Gasteiger partial charge in [0.05, 0.1) is 18.3 Å². The smallest absolute Gasteiger partial charge is 0.197 e. The van der Waals surface area contributed by atoms with E-state index >= 15 is 0 Å². The maximum atomic E-state index is 12.8. The minimum atomic E-state index is -0.401. The normalized spacial score (nSPS) is 12.1. The number of methoxy groups -OCH3 is 1. The Morgan fingerprint density at radius 2 is 1.76 bits per heavy atom. The zero-order valence-electron chi connectivity index (χ0n) is 11.5. The highest BCUT2D eigenvalue weighted by Crippen LogP contribution is 2.32. The Labute approximate surface area is 130 Å². The third-order valence-electron chi connectivity index (χ3n) is 3.19. The summed E-state index contributed by atoms with van der Waals surface area (Å²) < 4.78 is 16.5. The largest absolute Gasteiger partial charge is 0.496 e. The topological polar surface area (TPSA) is 43.4 Å². The molecule has 0 amide bonds. The molecule has 5 heteroatoms. The van der Waals surface area contributed by atoms with Crippen LogP contribution in [0.5, 0.6) is 5.75 Å². The molecule has 0 aliphatic carbocycles. The number of benzene rings is 2. The van der Waals surface area contributed by atoms with Crippen LogP contribution in [0.4, 0.5) is 0 Å². The maximum absolute atomic E-state index is 12.8. The number of hydrogen-bond acceptors (Lipinski definition) is 3. The van der Waals surface area contributed by atoms with Crippen molar-refractivity contribution in [2.24, 2.45) is 0 Å². The van der Waals surface area contributed by atoms with Crippen LogP contribution in [0.2, 0.25) is 0 Å². The van der Waals surface area contributed by atoms with Gasteiger partial charge in [-0.2, -0.15) is 0 Å². The summed E-state index contributed by atoms with van der Waals surface area (Å²) in [5, 5.41) is 0. The van der Waals surface area contributed by atoms with Crippen molar-refractivity contribution in [3.8, 4) is 5.75 Å². The van der Waals surface area contributed by atoms with Gasteiger partial charge >= 0.3 is 0 Å². The molecule has 2 rings (SSSR count). The fourth-order valence-corrected chi connectivity index (χ4v) is 2.87. The lowest BCUT2D eigenvalue weighted by Crippen LogP contribution is -2.08. The number of hydrogen-bond donors (Lipinski definition) is 0. The molecule has 0 N–H and O–H groups in total. The fourth-order valence-electron chi connectivity index (χ4n) is 2.14. The Bertz CT molecular complexity index is 657. The molecular weight excluding hydrogens is 307 g/mol. The summed E-state index contributed by atoms with van der Waals surface area (Å²) in [5.41, 5.74) is 1.25. The van der Waals surface area contributed by atoms with Crippen LogP contribution in [0.15, 0.2) is 48.5 Å². The van der Waals surface area contributed by atoms with Gasteiger partial charge in [0.1, 0.15) is 5.75 Å². The minimum absolute atomic E-state index is 0.100. The highest BCUT2D eigenvalue weighted by atomic mass is 35.5. The summed E-state index contributed by atoms with van der Waals surface area (Å²) >= 11 is 5.84. The third kappa shape index (κ3) is 3.31. The van der Waals surface area contributed by atoms with E-state index in [9.17, 15) is 9.36 Å². The SMILES string of the molecule is COc1ccccc1C(=O)c1ccccc1C(CCl)P=O. The third-order valence-corrected chi connectivity index (χ3v) is 4.43. The van der Waals surface area contributed by atoms with E-state index in [0.717, 1.165) is 0 Å². The van der Waals surface area contributed by atoms with Gasteiger partial charge in [-0.15, -0.1) is 11.6 Å². The van der Waals surface area contributed by atoms with Gasteiger partial charge in [-0.1, -0.05) is 36.4 Å². The summed E-state index contributed by atoms with van der Waals surface area (Å²) in [5.74, 6) is 0.530. The highest BCUT2D eigenvalue weighted by molar-refractivity contribution is 7.24. The van der Waals surface area contributed by atoms with E-state index < -0.39 is 5.66 Å². The van der Waals surface area contributed by atoms with Crippen molar-refractivity contribution in [3.05, 3.63) is 65.2 Å². The van der Waals surface area contributed by atoms with Crippen LogP contribution < -0.4 is 4.74 Å². The predicted octanol–water partition coefficient (Wildman–Crippen LogP) is 4.50. The summed E-state index contributed by atoms with van der Waals surface area (Å²) in [7, 11) is 1.42. The van der Waals surface area contributed by atoms with Crippen LogP contribution in [0.3, 0.4) is 0 Å². The molecule has 0 heterocycles. The Morgan fingerprint density at radius 3 is 2.38 bits per heavy atom. The Morgan fingerprint density at radius 1 is 1.14 bits per heavy atom. The molecule has 2 aromatic carbocycles. The minimum Gasteiger partial charge on any atom is -0.496 e. The molecule has 21 heavy (non-hydrogen) atoms. The number of rotatable bonds is 6. The van der Waals surface area contributed by atoms with Crippen LogP contribution >= 0.6 is 20.1 Å². The van der Waals surface area contributed by atoms with Gasteiger partial charge in [0, 0.05) is 11.4 Å². The van der Waals surface area contributed by atoms with Gasteiger partial charge in [-0.3, -0.25) is 9.36 Å². The van der Waals surface area contributed by atoms with E-state index in [2.05, 4.69) is 0 Å². The Balaban J connectivity index is 2.51. The lowest BCUT2D eigenvalue weighted by atomic mass is 9.96. The molecule has 2 aromatic rings. The van der Waals surface area contributed by atoms with Crippen molar-refractivity contribution in [2.45, 2.75) is 5.66 Å².